The smallest absolute Gasteiger partial charge is 0.202 e. The number of rotatable bonds is 1. The molecule has 0 aliphatic heterocycles. The van der Waals surface area contributed by atoms with Gasteiger partial charge in [0.25, 0.3) is 0 Å². The number of hydrogen-bond donors (Lipinski definition) is 0. The molecule has 0 aliphatic rings. The molecule has 0 aliphatic carbocycles. The molecule has 1 aromatic heterocycles. The van der Waals surface area contributed by atoms with E-state index in [1.54, 1.807) is 0 Å². The maximum atomic E-state index is 10.5. The summed E-state index contributed by atoms with van der Waals surface area (Å²) >= 11 is 3.02. The fourth-order valence-electron chi connectivity index (χ4n) is 0.419. The first-order valence-electron chi connectivity index (χ1n) is 2.33. The van der Waals surface area contributed by atoms with E-state index in [0.717, 1.165) is 0 Å². The van der Waals surface area contributed by atoms with Crippen LogP contribution in [0.2, 0.25) is 0 Å². The third kappa shape index (κ3) is 1.38. The zero-order valence-corrected chi connectivity index (χ0v) is 6.31. The number of nitrogens with zero attached hydrogens (tertiary/aromatic N) is 1. The van der Waals surface area contributed by atoms with Gasteiger partial charge in [-0.25, -0.2) is 0 Å². The standard InChI is InChI=1S/C5H4BrNO2/c1-3(8)4-2-5(6)9-7-4/h2H,1H3. The second-order valence-corrected chi connectivity index (χ2v) is 2.35. The van der Waals surface area contributed by atoms with E-state index in [9.17, 15) is 4.79 Å². The van der Waals surface area contributed by atoms with E-state index in [1.807, 2.05) is 0 Å². The Morgan fingerprint density at radius 2 is 2.56 bits per heavy atom. The summed E-state index contributed by atoms with van der Waals surface area (Å²) in [5, 5.41) is 3.44. The Hall–Kier alpha value is -0.640. The summed E-state index contributed by atoms with van der Waals surface area (Å²) in [4.78, 5) is 10.5. The van der Waals surface area contributed by atoms with Gasteiger partial charge in [-0.2, -0.15) is 0 Å². The second kappa shape index (κ2) is 2.31. The van der Waals surface area contributed by atoms with Crippen LogP contribution in [0.25, 0.3) is 0 Å². The molecule has 0 saturated carbocycles. The van der Waals surface area contributed by atoms with Crippen molar-refractivity contribution in [1.29, 1.82) is 0 Å². The monoisotopic (exact) mass is 189 g/mol. The molecule has 0 saturated heterocycles. The maximum Gasteiger partial charge on any atom is 0.202 e. The highest BCUT2D eigenvalue weighted by atomic mass is 79.9. The molecule has 0 spiro atoms. The number of aromatic nitrogens is 1. The van der Waals surface area contributed by atoms with Crippen LogP contribution in [0.5, 0.6) is 0 Å². The average Bonchev–Trinajstić information content (AvgIpc) is 2.14. The number of carbonyl (C=O) groups is 1. The van der Waals surface area contributed by atoms with Crippen molar-refractivity contribution in [3.05, 3.63) is 16.4 Å². The lowest BCUT2D eigenvalue weighted by molar-refractivity contribution is 0.100. The lowest BCUT2D eigenvalue weighted by atomic mass is 10.3. The molecule has 0 N–H and O–H groups in total. The average molecular weight is 190 g/mol. The molecule has 4 heteroatoms. The normalized spacial score (nSPS) is 9.56. The highest BCUT2D eigenvalue weighted by molar-refractivity contribution is 9.10. The molecule has 1 rings (SSSR count). The van der Waals surface area contributed by atoms with Crippen LogP contribution in [-0.4, -0.2) is 10.9 Å². The molecular formula is C5H4BrNO2. The molecular weight excluding hydrogens is 186 g/mol. The van der Waals surface area contributed by atoms with Crippen molar-refractivity contribution < 1.29 is 9.32 Å². The van der Waals surface area contributed by atoms with Crippen LogP contribution in [0.3, 0.4) is 0 Å². The molecule has 48 valence electrons. The Morgan fingerprint density at radius 1 is 1.89 bits per heavy atom. The second-order valence-electron chi connectivity index (χ2n) is 1.57. The first kappa shape index (κ1) is 6.48. The van der Waals surface area contributed by atoms with Gasteiger partial charge >= 0.3 is 0 Å². The van der Waals surface area contributed by atoms with Gasteiger partial charge in [-0.15, -0.1) is 0 Å². The lowest BCUT2D eigenvalue weighted by Gasteiger charge is -1.76. The van der Waals surface area contributed by atoms with Crippen LogP contribution in [0, 0.1) is 0 Å². The molecule has 0 radical (unpaired) electrons. The zero-order valence-electron chi connectivity index (χ0n) is 4.72. The summed E-state index contributed by atoms with van der Waals surface area (Å²) in [6, 6.07) is 1.53. The number of Topliss-reactive ketones (excluding diaryl/α,β-unsaturated/α-hetero) is 1. The van der Waals surface area contributed by atoms with Crippen LogP contribution in [-0.2, 0) is 0 Å². The van der Waals surface area contributed by atoms with Crippen molar-refractivity contribution in [1.82, 2.24) is 5.16 Å². The topological polar surface area (TPSA) is 43.1 Å². The third-order valence-corrected chi connectivity index (χ3v) is 1.22. The molecule has 0 atom stereocenters. The minimum Gasteiger partial charge on any atom is -0.349 e. The summed E-state index contributed by atoms with van der Waals surface area (Å²) in [6.45, 7) is 1.43. The van der Waals surface area contributed by atoms with E-state index in [0.29, 0.717) is 10.4 Å². The van der Waals surface area contributed by atoms with Crippen LogP contribution in [0.1, 0.15) is 17.4 Å². The molecule has 3 nitrogen and oxygen atoms in total. The van der Waals surface area contributed by atoms with Crippen molar-refractivity contribution in [3.8, 4) is 0 Å². The maximum absolute atomic E-state index is 10.5. The molecule has 0 bridgehead atoms. The predicted molar refractivity (Wildman–Crippen MR) is 34.2 cm³/mol. The van der Waals surface area contributed by atoms with E-state index >= 15 is 0 Å². The van der Waals surface area contributed by atoms with Crippen LogP contribution in [0.15, 0.2) is 15.3 Å². The zero-order chi connectivity index (χ0) is 6.85. The van der Waals surface area contributed by atoms with Gasteiger partial charge in [-0.1, -0.05) is 5.16 Å². The van der Waals surface area contributed by atoms with E-state index in [-0.39, 0.29) is 5.78 Å². The Morgan fingerprint density at radius 3 is 2.78 bits per heavy atom. The fraction of sp³-hybridized carbons (Fsp3) is 0.200. The molecule has 0 aromatic carbocycles. The van der Waals surface area contributed by atoms with Gasteiger partial charge in [-0.3, -0.25) is 4.79 Å². The van der Waals surface area contributed by atoms with Gasteiger partial charge < -0.3 is 4.52 Å². The number of ketones is 1. The van der Waals surface area contributed by atoms with Crippen molar-refractivity contribution in [2.45, 2.75) is 6.92 Å². The summed E-state index contributed by atoms with van der Waals surface area (Å²) in [6.07, 6.45) is 0. The third-order valence-electron chi connectivity index (χ3n) is 0.842. The van der Waals surface area contributed by atoms with E-state index in [4.69, 9.17) is 0 Å². The van der Waals surface area contributed by atoms with Gasteiger partial charge in [0, 0.05) is 13.0 Å². The Balaban J connectivity index is 2.98. The SMILES string of the molecule is CC(=O)c1cc(Br)on1. The molecule has 1 aromatic rings. The predicted octanol–water partition coefficient (Wildman–Crippen LogP) is 1.64. The number of halogens is 1. The summed E-state index contributed by atoms with van der Waals surface area (Å²) in [7, 11) is 0. The Kier molecular flexibility index (Phi) is 1.66. The Labute approximate surface area is 60.2 Å². The van der Waals surface area contributed by atoms with E-state index in [1.165, 1.54) is 13.0 Å². The molecule has 0 amide bonds. The number of carbonyl (C=O) groups excluding carboxylic acids is 1. The lowest BCUT2D eigenvalue weighted by Crippen LogP contribution is -1.89. The summed E-state index contributed by atoms with van der Waals surface area (Å²) in [5.41, 5.74) is 0.349. The minimum atomic E-state index is -0.0931. The highest BCUT2D eigenvalue weighted by Gasteiger charge is 2.04. The van der Waals surface area contributed by atoms with Gasteiger partial charge in [-0.05, 0) is 15.9 Å². The van der Waals surface area contributed by atoms with Gasteiger partial charge in [0.1, 0.15) is 5.69 Å². The fourth-order valence-corrected chi connectivity index (χ4v) is 0.708. The van der Waals surface area contributed by atoms with Crippen molar-refractivity contribution in [2.24, 2.45) is 0 Å². The Bertz CT molecular complexity index is 231. The largest absolute Gasteiger partial charge is 0.349 e. The van der Waals surface area contributed by atoms with Crippen molar-refractivity contribution in [2.75, 3.05) is 0 Å². The molecule has 9 heavy (non-hydrogen) atoms. The highest BCUT2D eigenvalue weighted by Crippen LogP contribution is 2.10. The van der Waals surface area contributed by atoms with Crippen molar-refractivity contribution >= 4 is 21.7 Å². The quantitative estimate of drug-likeness (QED) is 0.632. The summed E-state index contributed by atoms with van der Waals surface area (Å²) < 4.78 is 5.05. The van der Waals surface area contributed by atoms with Gasteiger partial charge in [0.2, 0.25) is 4.67 Å². The van der Waals surface area contributed by atoms with Gasteiger partial charge in [0.05, 0.1) is 0 Å². The molecule has 1 heterocycles. The van der Waals surface area contributed by atoms with E-state index < -0.39 is 0 Å². The molecule has 0 unspecified atom stereocenters. The van der Waals surface area contributed by atoms with Crippen LogP contribution < -0.4 is 0 Å². The van der Waals surface area contributed by atoms with Crippen molar-refractivity contribution in [3.63, 3.8) is 0 Å². The van der Waals surface area contributed by atoms with Crippen LogP contribution >= 0.6 is 15.9 Å². The van der Waals surface area contributed by atoms with E-state index in [2.05, 4.69) is 25.6 Å². The van der Waals surface area contributed by atoms with Crippen LogP contribution in [0.4, 0.5) is 0 Å². The number of hydrogen-bond acceptors (Lipinski definition) is 3. The minimum absolute atomic E-state index is 0.0931. The summed E-state index contributed by atoms with van der Waals surface area (Å²) in [5.74, 6) is -0.0931. The first-order valence-corrected chi connectivity index (χ1v) is 3.12. The van der Waals surface area contributed by atoms with Gasteiger partial charge in [0.15, 0.2) is 5.78 Å². The first-order chi connectivity index (χ1) is 4.20. The molecule has 0 fully saturated rings.